The molecule has 1 aromatic rings. The van der Waals surface area contributed by atoms with Gasteiger partial charge in [-0.2, -0.15) is 0 Å². The van der Waals surface area contributed by atoms with Crippen LogP contribution in [0, 0.1) is 6.92 Å². The summed E-state index contributed by atoms with van der Waals surface area (Å²) in [6.45, 7) is 1.90. The largest absolute Gasteiger partial charge is 0.480 e. The van der Waals surface area contributed by atoms with Gasteiger partial charge in [0.25, 0.3) is 5.91 Å². The molecule has 2 amide bonds. The van der Waals surface area contributed by atoms with E-state index in [-0.39, 0.29) is 11.6 Å². The summed E-state index contributed by atoms with van der Waals surface area (Å²) in [6.07, 6.45) is -0.120. The van der Waals surface area contributed by atoms with Gasteiger partial charge in [0, 0.05) is 12.0 Å². The van der Waals surface area contributed by atoms with Gasteiger partial charge in [-0.05, 0) is 19.1 Å². The summed E-state index contributed by atoms with van der Waals surface area (Å²) in [5.74, 6) is -1.97. The summed E-state index contributed by atoms with van der Waals surface area (Å²) in [5.41, 5.74) is 3.74. The molecular weight excluding hydrogens is 294 g/mol. The van der Waals surface area contributed by atoms with Crippen molar-refractivity contribution in [2.45, 2.75) is 18.6 Å². The number of carbonyl (C=O) groups excluding carboxylic acids is 2. The lowest BCUT2D eigenvalue weighted by atomic mass is 10.1. The molecule has 1 aliphatic heterocycles. The molecule has 3 N–H and O–H groups in total. The number of nitrogens with zero attached hydrogens (tertiary/aromatic N) is 1. The van der Waals surface area contributed by atoms with Crippen LogP contribution >= 0.6 is 11.8 Å². The van der Waals surface area contributed by atoms with Gasteiger partial charge < -0.3 is 10.4 Å². The third kappa shape index (κ3) is 4.06. The van der Waals surface area contributed by atoms with Gasteiger partial charge in [0.05, 0.1) is 0 Å². The van der Waals surface area contributed by atoms with Gasteiger partial charge in [-0.1, -0.05) is 29.5 Å². The maximum Gasteiger partial charge on any atom is 0.317 e. The van der Waals surface area contributed by atoms with Crippen LogP contribution in [0.2, 0.25) is 0 Å². The Labute approximate surface area is 124 Å². The van der Waals surface area contributed by atoms with Crippen LogP contribution in [-0.4, -0.2) is 33.3 Å². The highest BCUT2D eigenvalue weighted by Crippen LogP contribution is 2.20. The second-order valence-electron chi connectivity index (χ2n) is 4.42. The Kier molecular flexibility index (Phi) is 4.59. The molecule has 0 radical (unpaired) electrons. The van der Waals surface area contributed by atoms with Crippen molar-refractivity contribution in [3.05, 3.63) is 35.4 Å². The lowest BCUT2D eigenvalue weighted by Gasteiger charge is -2.19. The molecule has 0 bridgehead atoms. The first-order valence-electron chi connectivity index (χ1n) is 6.09. The molecule has 1 aliphatic rings. The number of nitrogens with one attached hydrogen (secondary N) is 2. The van der Waals surface area contributed by atoms with E-state index in [9.17, 15) is 14.4 Å². The molecule has 1 saturated heterocycles. The number of hydrogen-bond donors (Lipinski definition) is 3. The van der Waals surface area contributed by atoms with Crippen molar-refractivity contribution in [3.63, 3.8) is 0 Å². The summed E-state index contributed by atoms with van der Waals surface area (Å²) >= 11 is 0.887. The van der Waals surface area contributed by atoms with Crippen LogP contribution in [0.25, 0.3) is 0 Å². The van der Waals surface area contributed by atoms with Crippen molar-refractivity contribution in [1.29, 1.82) is 0 Å². The van der Waals surface area contributed by atoms with Crippen molar-refractivity contribution >= 4 is 34.7 Å². The average molecular weight is 307 g/mol. The Morgan fingerprint density at radius 2 is 2.05 bits per heavy atom. The Morgan fingerprint density at radius 1 is 1.38 bits per heavy atom. The molecular formula is C13H13N3O4S. The van der Waals surface area contributed by atoms with E-state index in [2.05, 4.69) is 15.8 Å². The Hall–Kier alpha value is -2.35. The number of hydrogen-bond acceptors (Lipinski definition) is 5. The predicted molar refractivity (Wildman–Crippen MR) is 77.9 cm³/mol. The number of amidine groups is 1. The van der Waals surface area contributed by atoms with Crippen LogP contribution in [0.15, 0.2) is 29.4 Å². The molecule has 1 atom stereocenters. The molecule has 7 nitrogen and oxygen atoms in total. The number of hydrazone groups is 1. The maximum atomic E-state index is 11.8. The highest BCUT2D eigenvalue weighted by atomic mass is 32.2. The van der Waals surface area contributed by atoms with Crippen molar-refractivity contribution < 1.29 is 19.5 Å². The summed E-state index contributed by atoms with van der Waals surface area (Å²) in [4.78, 5) is 34.1. The topological polar surface area (TPSA) is 108 Å². The fourth-order valence-electron chi connectivity index (χ4n) is 1.61. The second kappa shape index (κ2) is 6.40. The van der Waals surface area contributed by atoms with Gasteiger partial charge in [-0.15, -0.1) is 5.10 Å². The minimum atomic E-state index is -1.09. The monoisotopic (exact) mass is 307 g/mol. The van der Waals surface area contributed by atoms with Crippen molar-refractivity contribution in [3.8, 4) is 0 Å². The van der Waals surface area contributed by atoms with Crippen LogP contribution < -0.4 is 10.7 Å². The number of benzene rings is 1. The average Bonchev–Trinajstić information content (AvgIpc) is 2.45. The summed E-state index contributed by atoms with van der Waals surface area (Å²) in [5, 5.41) is 14.2. The van der Waals surface area contributed by atoms with Crippen LogP contribution in [0.1, 0.15) is 22.3 Å². The van der Waals surface area contributed by atoms with E-state index in [4.69, 9.17) is 5.11 Å². The molecule has 1 heterocycles. The third-order valence-electron chi connectivity index (χ3n) is 2.72. The van der Waals surface area contributed by atoms with Crippen molar-refractivity contribution in [2.75, 3.05) is 0 Å². The van der Waals surface area contributed by atoms with Crippen LogP contribution in [0.5, 0.6) is 0 Å². The molecule has 1 fully saturated rings. The highest BCUT2D eigenvalue weighted by Gasteiger charge is 2.30. The van der Waals surface area contributed by atoms with E-state index in [1.165, 1.54) is 0 Å². The quantitative estimate of drug-likeness (QED) is 0.713. The van der Waals surface area contributed by atoms with Crippen molar-refractivity contribution in [2.24, 2.45) is 5.10 Å². The lowest BCUT2D eigenvalue weighted by molar-refractivity contribution is -0.138. The molecule has 0 saturated carbocycles. The summed E-state index contributed by atoms with van der Waals surface area (Å²) < 4.78 is 0. The zero-order valence-corrected chi connectivity index (χ0v) is 11.9. The fraction of sp³-hybridized carbons (Fsp3) is 0.231. The molecule has 2 rings (SSSR count). The van der Waals surface area contributed by atoms with Crippen molar-refractivity contribution in [1.82, 2.24) is 10.7 Å². The van der Waals surface area contributed by atoms with E-state index in [0.29, 0.717) is 5.56 Å². The number of rotatable bonds is 3. The number of aliphatic carboxylic acids is 1. The lowest BCUT2D eigenvalue weighted by Crippen LogP contribution is -2.41. The van der Waals surface area contributed by atoms with Gasteiger partial charge in [-0.3, -0.25) is 14.4 Å². The molecule has 1 aromatic carbocycles. The van der Waals surface area contributed by atoms with Crippen LogP contribution in [-0.2, 0) is 9.59 Å². The first-order chi connectivity index (χ1) is 9.95. The highest BCUT2D eigenvalue weighted by molar-refractivity contribution is 8.15. The number of carbonyl (C=O) groups is 3. The Balaban J connectivity index is 2.02. The Morgan fingerprint density at radius 3 is 2.67 bits per heavy atom. The standard InChI is InChI=1S/C13H13N3O4S/c1-7-2-4-8(5-3-7)11(18)15-16-13-14-10(17)6-9(21-13)12(19)20/h2-5,9H,6H2,1H3,(H,15,18)(H,19,20)(H,14,16,17). The van der Waals surface area contributed by atoms with E-state index in [1.807, 2.05) is 6.92 Å². The maximum absolute atomic E-state index is 11.8. The molecule has 8 heteroatoms. The normalized spacial score (nSPS) is 20.0. The summed E-state index contributed by atoms with van der Waals surface area (Å²) in [7, 11) is 0. The SMILES string of the molecule is Cc1ccc(C(=O)NN=C2NC(=O)CC(C(=O)O)S2)cc1. The first-order valence-corrected chi connectivity index (χ1v) is 6.97. The van der Waals surface area contributed by atoms with E-state index < -0.39 is 23.0 Å². The second-order valence-corrected chi connectivity index (χ2v) is 5.61. The molecule has 110 valence electrons. The minimum Gasteiger partial charge on any atom is -0.480 e. The predicted octanol–water partition coefficient (Wildman–Crippen LogP) is 0.702. The Bertz CT molecular complexity index is 612. The van der Waals surface area contributed by atoms with Crippen LogP contribution in [0.3, 0.4) is 0 Å². The number of amides is 2. The third-order valence-corrected chi connectivity index (χ3v) is 3.79. The molecule has 0 aromatic heterocycles. The zero-order valence-electron chi connectivity index (χ0n) is 11.1. The number of aryl methyl sites for hydroxylation is 1. The van der Waals surface area contributed by atoms with Gasteiger partial charge >= 0.3 is 5.97 Å². The summed E-state index contributed by atoms with van der Waals surface area (Å²) in [6, 6.07) is 6.88. The van der Waals surface area contributed by atoms with Gasteiger partial charge in [-0.25, -0.2) is 5.43 Å². The fourth-order valence-corrected chi connectivity index (χ4v) is 2.48. The van der Waals surface area contributed by atoms with Gasteiger partial charge in [0.1, 0.15) is 5.25 Å². The molecule has 21 heavy (non-hydrogen) atoms. The van der Waals surface area contributed by atoms with E-state index >= 15 is 0 Å². The number of carboxylic acid groups (broad SMARTS) is 1. The molecule has 0 aliphatic carbocycles. The number of carboxylic acids is 1. The van der Waals surface area contributed by atoms with Gasteiger partial charge in [0.2, 0.25) is 5.91 Å². The van der Waals surface area contributed by atoms with E-state index in [1.54, 1.807) is 24.3 Å². The number of thioether (sulfide) groups is 1. The molecule has 1 unspecified atom stereocenters. The van der Waals surface area contributed by atoms with E-state index in [0.717, 1.165) is 17.3 Å². The molecule has 0 spiro atoms. The zero-order chi connectivity index (χ0) is 15.4. The first kappa shape index (κ1) is 15.0. The van der Waals surface area contributed by atoms with Gasteiger partial charge in [0.15, 0.2) is 5.17 Å². The van der Waals surface area contributed by atoms with Crippen LogP contribution in [0.4, 0.5) is 0 Å². The minimum absolute atomic E-state index is 0.0686. The smallest absolute Gasteiger partial charge is 0.317 e.